The molecule has 0 amide bonds. The number of benzene rings is 1. The third-order valence-corrected chi connectivity index (χ3v) is 5.65. The van der Waals surface area contributed by atoms with Crippen LogP contribution in [0.15, 0.2) is 34.9 Å². The van der Waals surface area contributed by atoms with E-state index in [4.69, 9.17) is 18.7 Å². The van der Waals surface area contributed by atoms with Gasteiger partial charge in [0.25, 0.3) is 0 Å². The van der Waals surface area contributed by atoms with Gasteiger partial charge in [-0.05, 0) is 42.2 Å². The quantitative estimate of drug-likeness (QED) is 0.500. The number of carboxylic acid groups (broad SMARTS) is 1. The molecule has 33 heavy (non-hydrogen) atoms. The number of fused-ring (bicyclic) bond motifs is 2. The minimum absolute atomic E-state index is 0.0775. The molecule has 10 nitrogen and oxygen atoms in total. The van der Waals surface area contributed by atoms with Gasteiger partial charge >= 0.3 is 5.97 Å². The van der Waals surface area contributed by atoms with Crippen molar-refractivity contribution in [2.24, 2.45) is 0 Å². The summed E-state index contributed by atoms with van der Waals surface area (Å²) in [6.45, 7) is 1.60. The molecule has 2 aromatic heterocycles. The SMILES string of the molecule is O=C(O)CC(Cc1nc(COCc2ccc3c(n2)NCCC3)no1)c1ccc2c(c1)OCO2. The van der Waals surface area contributed by atoms with Gasteiger partial charge in [-0.15, -0.1) is 0 Å². The molecule has 0 aliphatic carbocycles. The number of hydrogen-bond acceptors (Lipinski definition) is 9. The van der Waals surface area contributed by atoms with Crippen molar-refractivity contribution < 1.29 is 28.6 Å². The van der Waals surface area contributed by atoms with Crippen LogP contribution in [0.1, 0.15) is 47.3 Å². The Bertz CT molecular complexity index is 1150. The second-order valence-electron chi connectivity index (χ2n) is 8.05. The maximum Gasteiger partial charge on any atom is 0.303 e. The van der Waals surface area contributed by atoms with Crippen LogP contribution in [0.2, 0.25) is 0 Å². The second kappa shape index (κ2) is 9.45. The van der Waals surface area contributed by atoms with E-state index < -0.39 is 5.97 Å². The fourth-order valence-electron chi connectivity index (χ4n) is 4.02. The van der Waals surface area contributed by atoms with Crippen LogP contribution in [0.25, 0.3) is 0 Å². The number of rotatable bonds is 9. The Morgan fingerprint density at radius 2 is 2.06 bits per heavy atom. The second-order valence-corrected chi connectivity index (χ2v) is 8.05. The number of aryl methyl sites for hydroxylation is 1. The Balaban J connectivity index is 1.19. The van der Waals surface area contributed by atoms with E-state index in [9.17, 15) is 9.90 Å². The summed E-state index contributed by atoms with van der Waals surface area (Å²) in [6, 6.07) is 9.47. The Hall–Kier alpha value is -3.66. The Kier molecular flexibility index (Phi) is 6.07. The van der Waals surface area contributed by atoms with Crippen molar-refractivity contribution in [2.45, 2.75) is 44.8 Å². The normalized spacial score (nSPS) is 15.0. The van der Waals surface area contributed by atoms with Crippen LogP contribution in [0.5, 0.6) is 11.5 Å². The van der Waals surface area contributed by atoms with Crippen molar-refractivity contribution in [3.63, 3.8) is 0 Å². The average Bonchev–Trinajstić information content (AvgIpc) is 3.47. The highest BCUT2D eigenvalue weighted by molar-refractivity contribution is 5.68. The Morgan fingerprint density at radius 3 is 2.97 bits per heavy atom. The average molecular weight is 452 g/mol. The smallest absolute Gasteiger partial charge is 0.303 e. The van der Waals surface area contributed by atoms with E-state index in [2.05, 4.69) is 26.5 Å². The van der Waals surface area contributed by atoms with Crippen molar-refractivity contribution in [2.75, 3.05) is 18.7 Å². The zero-order valence-corrected chi connectivity index (χ0v) is 18.0. The zero-order valence-electron chi connectivity index (χ0n) is 18.0. The largest absolute Gasteiger partial charge is 0.481 e. The molecule has 2 aliphatic heterocycles. The molecule has 1 unspecified atom stereocenters. The predicted molar refractivity (Wildman–Crippen MR) is 115 cm³/mol. The summed E-state index contributed by atoms with van der Waals surface area (Å²) in [7, 11) is 0. The number of nitrogens with zero attached hydrogens (tertiary/aromatic N) is 3. The first-order valence-electron chi connectivity index (χ1n) is 10.9. The van der Waals surface area contributed by atoms with Gasteiger partial charge in [-0.2, -0.15) is 4.98 Å². The first-order valence-corrected chi connectivity index (χ1v) is 10.9. The summed E-state index contributed by atoms with van der Waals surface area (Å²) in [6.07, 6.45) is 2.37. The molecular formula is C23H24N4O6. The molecular weight excluding hydrogens is 428 g/mol. The highest BCUT2D eigenvalue weighted by Gasteiger charge is 2.23. The molecule has 0 radical (unpaired) electrons. The molecule has 3 aromatic rings. The van der Waals surface area contributed by atoms with Gasteiger partial charge in [0.1, 0.15) is 12.4 Å². The summed E-state index contributed by atoms with van der Waals surface area (Å²) >= 11 is 0. The van der Waals surface area contributed by atoms with Gasteiger partial charge < -0.3 is 29.2 Å². The number of ether oxygens (including phenoxy) is 3. The van der Waals surface area contributed by atoms with Crippen LogP contribution >= 0.6 is 0 Å². The van der Waals surface area contributed by atoms with E-state index in [1.54, 1.807) is 12.1 Å². The molecule has 0 spiro atoms. The first kappa shape index (κ1) is 21.2. The van der Waals surface area contributed by atoms with Crippen molar-refractivity contribution in [3.8, 4) is 11.5 Å². The number of aliphatic carboxylic acids is 1. The van der Waals surface area contributed by atoms with E-state index in [0.717, 1.165) is 36.5 Å². The number of nitrogens with one attached hydrogen (secondary N) is 1. The van der Waals surface area contributed by atoms with Gasteiger partial charge in [-0.1, -0.05) is 17.3 Å². The van der Waals surface area contributed by atoms with E-state index in [1.165, 1.54) is 5.56 Å². The Labute approximate surface area is 189 Å². The lowest BCUT2D eigenvalue weighted by Gasteiger charge is -2.17. The van der Waals surface area contributed by atoms with Crippen LogP contribution < -0.4 is 14.8 Å². The van der Waals surface area contributed by atoms with E-state index in [0.29, 0.717) is 29.8 Å². The highest BCUT2D eigenvalue weighted by atomic mass is 16.7. The number of carboxylic acids is 1. The van der Waals surface area contributed by atoms with Crippen LogP contribution in [-0.2, 0) is 35.6 Å². The molecule has 10 heteroatoms. The summed E-state index contributed by atoms with van der Waals surface area (Å²) in [5.41, 5.74) is 2.87. The van der Waals surface area contributed by atoms with Crippen LogP contribution in [0.4, 0.5) is 5.82 Å². The maximum absolute atomic E-state index is 11.4. The van der Waals surface area contributed by atoms with Crippen molar-refractivity contribution in [1.29, 1.82) is 0 Å². The lowest BCUT2D eigenvalue weighted by atomic mass is 9.92. The molecule has 1 atom stereocenters. The molecule has 5 rings (SSSR count). The van der Waals surface area contributed by atoms with Gasteiger partial charge in [0.05, 0.1) is 18.7 Å². The van der Waals surface area contributed by atoms with Gasteiger partial charge in [-0.25, -0.2) is 4.98 Å². The number of carbonyl (C=O) groups is 1. The number of hydrogen-bond donors (Lipinski definition) is 2. The molecule has 2 N–H and O–H groups in total. The molecule has 0 saturated carbocycles. The number of anilines is 1. The fraction of sp³-hybridized carbons (Fsp3) is 0.391. The van der Waals surface area contributed by atoms with Crippen molar-refractivity contribution >= 4 is 11.8 Å². The summed E-state index contributed by atoms with van der Waals surface area (Å²) in [4.78, 5) is 20.4. The van der Waals surface area contributed by atoms with Gasteiger partial charge in [-0.3, -0.25) is 4.79 Å². The van der Waals surface area contributed by atoms with Gasteiger partial charge in [0, 0.05) is 18.9 Å². The summed E-state index contributed by atoms with van der Waals surface area (Å²) in [5, 5.41) is 16.6. The topological polar surface area (TPSA) is 129 Å². The van der Waals surface area contributed by atoms with Crippen molar-refractivity contribution in [1.82, 2.24) is 15.1 Å². The maximum atomic E-state index is 11.4. The first-order chi connectivity index (χ1) is 16.1. The molecule has 0 bridgehead atoms. The van der Waals surface area contributed by atoms with Crippen LogP contribution in [-0.4, -0.2) is 39.5 Å². The molecule has 0 fully saturated rings. The molecule has 0 saturated heterocycles. The lowest BCUT2D eigenvalue weighted by molar-refractivity contribution is -0.137. The standard InChI is InChI=1S/C23H24N4O6/c28-22(29)10-16(15-4-6-18-19(8-15)32-13-31-18)9-21-26-20(27-33-21)12-30-11-17-5-3-14-2-1-7-24-23(14)25-17/h3-6,8,16H,1-2,7,9-13H2,(H,24,25)(H,28,29). The summed E-state index contributed by atoms with van der Waals surface area (Å²) < 4.78 is 21.8. The van der Waals surface area contributed by atoms with Gasteiger partial charge in [0.15, 0.2) is 17.3 Å². The predicted octanol–water partition coefficient (Wildman–Crippen LogP) is 3.07. The summed E-state index contributed by atoms with van der Waals surface area (Å²) in [5.74, 6) is 1.68. The van der Waals surface area contributed by atoms with Crippen LogP contribution in [0.3, 0.4) is 0 Å². The third kappa shape index (κ3) is 5.06. The monoisotopic (exact) mass is 452 g/mol. The fourth-order valence-corrected chi connectivity index (χ4v) is 4.02. The minimum atomic E-state index is -0.909. The van der Waals surface area contributed by atoms with E-state index >= 15 is 0 Å². The van der Waals surface area contributed by atoms with E-state index in [1.807, 2.05) is 12.1 Å². The van der Waals surface area contributed by atoms with Gasteiger partial charge in [0.2, 0.25) is 12.7 Å². The Morgan fingerprint density at radius 1 is 1.15 bits per heavy atom. The van der Waals surface area contributed by atoms with E-state index in [-0.39, 0.29) is 32.2 Å². The molecule has 1 aromatic carbocycles. The molecule has 172 valence electrons. The molecule has 4 heterocycles. The highest BCUT2D eigenvalue weighted by Crippen LogP contribution is 2.36. The number of pyridine rings is 1. The number of aromatic nitrogens is 3. The lowest BCUT2D eigenvalue weighted by Crippen LogP contribution is -2.14. The minimum Gasteiger partial charge on any atom is -0.481 e. The zero-order chi connectivity index (χ0) is 22.6. The van der Waals surface area contributed by atoms with Crippen molar-refractivity contribution in [3.05, 3.63) is 58.9 Å². The third-order valence-electron chi connectivity index (χ3n) is 5.65. The molecule has 2 aliphatic rings. The van der Waals surface area contributed by atoms with Crippen LogP contribution in [0, 0.1) is 0 Å².